The summed E-state index contributed by atoms with van der Waals surface area (Å²) in [4.78, 5) is 12.0. The molecule has 0 radical (unpaired) electrons. The minimum absolute atomic E-state index is 0.0854. The Morgan fingerprint density at radius 2 is 2.14 bits per heavy atom. The number of carbonyl (C=O) groups excluding carboxylic acids is 1. The number of piperidine rings is 1. The summed E-state index contributed by atoms with van der Waals surface area (Å²) in [6.45, 7) is 1.24. The molecule has 1 atom stereocenters. The minimum Gasteiger partial charge on any atom is -0.355 e. The van der Waals surface area contributed by atoms with E-state index >= 15 is 0 Å². The number of halogens is 1. The Morgan fingerprint density at radius 1 is 1.41 bits per heavy atom. The molecule has 1 heterocycles. The molecule has 0 aromatic heterocycles. The van der Waals surface area contributed by atoms with Crippen molar-refractivity contribution >= 4 is 27.7 Å². The molecule has 1 aliphatic rings. The van der Waals surface area contributed by atoms with Crippen LogP contribution in [0.2, 0.25) is 5.02 Å². The van der Waals surface area contributed by atoms with Crippen LogP contribution in [0.3, 0.4) is 0 Å². The van der Waals surface area contributed by atoms with Crippen LogP contribution in [0, 0.1) is 5.92 Å². The molecule has 1 amide bonds. The molecule has 3 N–H and O–H groups in total. The number of benzene rings is 1. The zero-order chi connectivity index (χ0) is 16.2. The Labute approximate surface area is 135 Å². The van der Waals surface area contributed by atoms with Gasteiger partial charge >= 0.3 is 0 Å². The fourth-order valence-corrected chi connectivity index (χ4v) is 3.56. The van der Waals surface area contributed by atoms with Gasteiger partial charge in [-0.1, -0.05) is 29.8 Å². The van der Waals surface area contributed by atoms with Crippen LogP contribution in [0.4, 0.5) is 0 Å². The van der Waals surface area contributed by atoms with E-state index in [1.54, 1.807) is 6.07 Å². The van der Waals surface area contributed by atoms with E-state index in [4.69, 9.17) is 16.7 Å². The first-order chi connectivity index (χ1) is 10.4. The number of nitrogens with one attached hydrogen (secondary N) is 1. The molecule has 1 aliphatic heterocycles. The van der Waals surface area contributed by atoms with E-state index in [0.29, 0.717) is 24.7 Å². The van der Waals surface area contributed by atoms with Gasteiger partial charge in [-0.3, -0.25) is 4.79 Å². The summed E-state index contributed by atoms with van der Waals surface area (Å²) in [5.41, 5.74) is 0.775. The molecule has 0 bridgehead atoms. The molecule has 1 aromatic carbocycles. The van der Waals surface area contributed by atoms with Gasteiger partial charge in [0.15, 0.2) is 0 Å². The van der Waals surface area contributed by atoms with Gasteiger partial charge in [0.1, 0.15) is 0 Å². The highest BCUT2D eigenvalue weighted by Crippen LogP contribution is 2.18. The van der Waals surface area contributed by atoms with Gasteiger partial charge in [0.2, 0.25) is 5.91 Å². The average molecular weight is 346 g/mol. The Kier molecular flexibility index (Phi) is 5.80. The van der Waals surface area contributed by atoms with Crippen LogP contribution < -0.4 is 10.5 Å². The first kappa shape index (κ1) is 17.2. The molecule has 6 nitrogen and oxygen atoms in total. The molecule has 1 saturated heterocycles. The lowest BCUT2D eigenvalue weighted by molar-refractivity contribution is -0.120. The molecule has 8 heteroatoms. The lowest BCUT2D eigenvalue weighted by Crippen LogP contribution is -2.46. The second-order valence-corrected chi connectivity index (χ2v) is 7.44. The van der Waals surface area contributed by atoms with Crippen LogP contribution in [0.5, 0.6) is 0 Å². The fraction of sp³-hybridized carbons (Fsp3) is 0.500. The molecule has 22 heavy (non-hydrogen) atoms. The lowest BCUT2D eigenvalue weighted by atomic mass is 9.99. The Balaban J connectivity index is 1.82. The Hall–Kier alpha value is -1.15. The zero-order valence-corrected chi connectivity index (χ0v) is 13.7. The summed E-state index contributed by atoms with van der Waals surface area (Å²) in [6.07, 6.45) is 1.84. The third kappa shape index (κ3) is 4.95. The van der Waals surface area contributed by atoms with Gasteiger partial charge in [-0.05, 0) is 30.4 Å². The number of amides is 1. The highest BCUT2D eigenvalue weighted by molar-refractivity contribution is 7.86. The van der Waals surface area contributed by atoms with Gasteiger partial charge in [-0.25, -0.2) is 5.14 Å². The predicted molar refractivity (Wildman–Crippen MR) is 85.6 cm³/mol. The standard InChI is InChI=1S/C14H20ClN3O3S/c15-13-6-2-1-5-12(13)8-14(19)17-9-11-4-3-7-18(10-11)22(16,20)21/h1-2,5-6,11H,3-4,7-10H2,(H,17,19)(H2,16,20,21). The SMILES string of the molecule is NS(=O)(=O)N1CCCC(CNC(=O)Cc2ccccc2Cl)C1. The Morgan fingerprint density at radius 3 is 2.82 bits per heavy atom. The van der Waals surface area contributed by atoms with Gasteiger partial charge in [0.05, 0.1) is 6.42 Å². The van der Waals surface area contributed by atoms with E-state index < -0.39 is 10.2 Å². The third-order valence-corrected chi connectivity index (χ3v) is 5.16. The van der Waals surface area contributed by atoms with Gasteiger partial charge in [0, 0.05) is 24.7 Å². The van der Waals surface area contributed by atoms with Crippen molar-refractivity contribution in [1.29, 1.82) is 0 Å². The molecule has 1 aromatic rings. The van der Waals surface area contributed by atoms with Crippen LogP contribution in [0.25, 0.3) is 0 Å². The zero-order valence-electron chi connectivity index (χ0n) is 12.2. The second kappa shape index (κ2) is 7.41. The first-order valence-corrected chi connectivity index (χ1v) is 9.02. The number of rotatable bonds is 5. The van der Waals surface area contributed by atoms with E-state index in [1.807, 2.05) is 18.2 Å². The van der Waals surface area contributed by atoms with Crippen LogP contribution in [0.15, 0.2) is 24.3 Å². The quantitative estimate of drug-likeness (QED) is 0.830. The molecule has 0 aliphatic carbocycles. The van der Waals surface area contributed by atoms with Crippen molar-refractivity contribution in [2.75, 3.05) is 19.6 Å². The number of carbonyl (C=O) groups is 1. The highest BCUT2D eigenvalue weighted by Gasteiger charge is 2.26. The molecular formula is C14H20ClN3O3S. The van der Waals surface area contributed by atoms with Crippen molar-refractivity contribution in [2.24, 2.45) is 11.1 Å². The van der Waals surface area contributed by atoms with Crippen LogP contribution in [-0.2, 0) is 21.4 Å². The summed E-state index contributed by atoms with van der Waals surface area (Å²) in [5, 5.41) is 8.55. The minimum atomic E-state index is -3.65. The van der Waals surface area contributed by atoms with E-state index in [-0.39, 0.29) is 18.2 Å². The van der Waals surface area contributed by atoms with Gasteiger partial charge in [-0.2, -0.15) is 12.7 Å². The molecule has 122 valence electrons. The molecule has 1 unspecified atom stereocenters. The molecular weight excluding hydrogens is 326 g/mol. The highest BCUT2D eigenvalue weighted by atomic mass is 35.5. The molecule has 1 fully saturated rings. The number of nitrogens with zero attached hydrogens (tertiary/aromatic N) is 1. The van der Waals surface area contributed by atoms with Crippen molar-refractivity contribution in [3.05, 3.63) is 34.9 Å². The largest absolute Gasteiger partial charge is 0.355 e. The molecule has 2 rings (SSSR count). The summed E-state index contributed by atoms with van der Waals surface area (Å²) in [6, 6.07) is 7.20. The predicted octanol–water partition coefficient (Wildman–Crippen LogP) is 0.914. The van der Waals surface area contributed by atoms with Crippen LogP contribution in [0.1, 0.15) is 18.4 Å². The second-order valence-electron chi connectivity index (χ2n) is 5.48. The summed E-state index contributed by atoms with van der Waals surface area (Å²) in [7, 11) is -3.65. The molecule has 0 saturated carbocycles. The maximum absolute atomic E-state index is 12.0. The van der Waals surface area contributed by atoms with Crippen LogP contribution in [-0.4, -0.2) is 38.3 Å². The van der Waals surface area contributed by atoms with E-state index in [2.05, 4.69) is 5.32 Å². The number of hydrogen-bond acceptors (Lipinski definition) is 3. The average Bonchev–Trinajstić information content (AvgIpc) is 2.47. The maximum atomic E-state index is 12.0. The van der Waals surface area contributed by atoms with Crippen LogP contribution >= 0.6 is 11.6 Å². The van der Waals surface area contributed by atoms with Gasteiger partial charge < -0.3 is 5.32 Å². The van der Waals surface area contributed by atoms with E-state index in [1.165, 1.54) is 4.31 Å². The number of hydrogen-bond donors (Lipinski definition) is 2. The normalized spacial score (nSPS) is 19.8. The number of nitrogens with two attached hydrogens (primary N) is 1. The topological polar surface area (TPSA) is 92.5 Å². The Bertz CT molecular complexity index is 636. The van der Waals surface area contributed by atoms with Gasteiger partial charge in [0.25, 0.3) is 10.2 Å². The summed E-state index contributed by atoms with van der Waals surface area (Å²) in [5.74, 6) is -0.0388. The molecule has 0 spiro atoms. The van der Waals surface area contributed by atoms with E-state index in [9.17, 15) is 13.2 Å². The van der Waals surface area contributed by atoms with Crippen molar-refractivity contribution in [3.8, 4) is 0 Å². The lowest BCUT2D eigenvalue weighted by Gasteiger charge is -2.30. The fourth-order valence-electron chi connectivity index (χ4n) is 2.56. The summed E-state index contributed by atoms with van der Waals surface area (Å²) >= 11 is 6.02. The maximum Gasteiger partial charge on any atom is 0.276 e. The van der Waals surface area contributed by atoms with E-state index in [0.717, 1.165) is 18.4 Å². The van der Waals surface area contributed by atoms with Crippen molar-refractivity contribution < 1.29 is 13.2 Å². The summed E-state index contributed by atoms with van der Waals surface area (Å²) < 4.78 is 24.0. The first-order valence-electron chi connectivity index (χ1n) is 7.14. The smallest absolute Gasteiger partial charge is 0.276 e. The van der Waals surface area contributed by atoms with Crippen molar-refractivity contribution in [1.82, 2.24) is 9.62 Å². The van der Waals surface area contributed by atoms with Crippen molar-refractivity contribution in [3.63, 3.8) is 0 Å². The third-order valence-electron chi connectivity index (χ3n) is 3.74. The monoisotopic (exact) mass is 345 g/mol. The van der Waals surface area contributed by atoms with Crippen molar-refractivity contribution in [2.45, 2.75) is 19.3 Å². The van der Waals surface area contributed by atoms with Gasteiger partial charge in [-0.15, -0.1) is 0 Å².